The molecule has 2 aromatic rings. The summed E-state index contributed by atoms with van der Waals surface area (Å²) in [5.74, 6) is -0.588. The van der Waals surface area contributed by atoms with Gasteiger partial charge >= 0.3 is 6.18 Å². The molecule has 0 aliphatic rings. The third-order valence-corrected chi connectivity index (χ3v) is 2.47. The first-order valence-corrected chi connectivity index (χ1v) is 5.10. The zero-order chi connectivity index (χ0) is 13.3. The van der Waals surface area contributed by atoms with Crippen molar-refractivity contribution >= 4 is 11.6 Å². The number of alkyl halides is 3. The highest BCUT2D eigenvalue weighted by Gasteiger charge is 2.31. The average molecular weight is 277 g/mol. The van der Waals surface area contributed by atoms with Gasteiger partial charge < -0.3 is 0 Å². The summed E-state index contributed by atoms with van der Waals surface area (Å²) in [7, 11) is 0. The fourth-order valence-corrected chi connectivity index (χ4v) is 1.52. The topological polar surface area (TPSA) is 25.8 Å². The van der Waals surface area contributed by atoms with Gasteiger partial charge in [0.1, 0.15) is 11.0 Å². The van der Waals surface area contributed by atoms with Gasteiger partial charge in [0.05, 0.1) is 17.5 Å². The molecule has 7 heteroatoms. The predicted molar refractivity (Wildman–Crippen MR) is 57.4 cm³/mol. The summed E-state index contributed by atoms with van der Waals surface area (Å²) in [4.78, 5) is 7.12. The summed E-state index contributed by atoms with van der Waals surface area (Å²) in [6, 6.07) is 3.15. The largest absolute Gasteiger partial charge is 0.417 e. The number of nitrogens with zero attached hydrogens (tertiary/aromatic N) is 2. The Kier molecular flexibility index (Phi) is 3.21. The van der Waals surface area contributed by atoms with Crippen molar-refractivity contribution in [3.63, 3.8) is 0 Å². The first-order valence-electron chi connectivity index (χ1n) is 4.72. The van der Waals surface area contributed by atoms with Gasteiger partial charge in [-0.3, -0.25) is 4.98 Å². The average Bonchev–Trinajstić information content (AvgIpc) is 2.29. The minimum atomic E-state index is -4.52. The Hall–Kier alpha value is -1.69. The molecule has 2 heterocycles. The predicted octanol–water partition coefficient (Wildman–Crippen LogP) is 3.95. The van der Waals surface area contributed by atoms with Gasteiger partial charge in [-0.1, -0.05) is 11.6 Å². The van der Waals surface area contributed by atoms with Gasteiger partial charge in [0.25, 0.3) is 0 Å². The van der Waals surface area contributed by atoms with E-state index in [0.717, 1.165) is 18.3 Å². The van der Waals surface area contributed by atoms with E-state index >= 15 is 0 Å². The molecule has 0 saturated heterocycles. The van der Waals surface area contributed by atoms with E-state index in [9.17, 15) is 17.6 Å². The number of halogens is 5. The number of aromatic nitrogens is 2. The quantitative estimate of drug-likeness (QED) is 0.582. The Labute approximate surface area is 104 Å². The van der Waals surface area contributed by atoms with E-state index in [4.69, 9.17) is 11.6 Å². The number of hydrogen-bond donors (Lipinski definition) is 0. The first kappa shape index (κ1) is 12.8. The second-order valence-electron chi connectivity index (χ2n) is 3.42. The van der Waals surface area contributed by atoms with E-state index in [1.54, 1.807) is 0 Å². The van der Waals surface area contributed by atoms with Crippen molar-refractivity contribution in [2.24, 2.45) is 0 Å². The molecule has 0 aliphatic heterocycles. The smallest absolute Gasteiger partial charge is 0.253 e. The summed E-state index contributed by atoms with van der Waals surface area (Å²) in [5.41, 5.74) is -0.806. The van der Waals surface area contributed by atoms with E-state index in [2.05, 4.69) is 9.97 Å². The Morgan fingerprint density at radius 3 is 2.33 bits per heavy atom. The van der Waals surface area contributed by atoms with E-state index in [1.165, 1.54) is 6.07 Å². The SMILES string of the molecule is Fc1ccc(-c2cc(C(F)(F)F)cnc2Cl)nc1. The molecule has 0 fully saturated rings. The highest BCUT2D eigenvalue weighted by molar-refractivity contribution is 6.32. The molecule has 2 rings (SSSR count). The summed E-state index contributed by atoms with van der Waals surface area (Å²) in [5, 5.41) is -0.123. The molecule has 0 saturated carbocycles. The summed E-state index contributed by atoms with van der Waals surface area (Å²) >= 11 is 5.71. The molecule has 94 valence electrons. The molecule has 0 bridgehead atoms. The Bertz CT molecular complexity index is 566. The van der Waals surface area contributed by atoms with Crippen molar-refractivity contribution in [2.45, 2.75) is 6.18 Å². The van der Waals surface area contributed by atoms with Gasteiger partial charge in [-0.25, -0.2) is 9.37 Å². The molecule has 0 spiro atoms. The van der Waals surface area contributed by atoms with Crippen LogP contribution < -0.4 is 0 Å². The van der Waals surface area contributed by atoms with Crippen LogP contribution in [0.1, 0.15) is 5.56 Å². The lowest BCUT2D eigenvalue weighted by atomic mass is 10.1. The molecule has 0 aliphatic carbocycles. The van der Waals surface area contributed by atoms with Crippen LogP contribution in [0.4, 0.5) is 17.6 Å². The highest BCUT2D eigenvalue weighted by atomic mass is 35.5. The molecule has 2 aromatic heterocycles. The van der Waals surface area contributed by atoms with Crippen molar-refractivity contribution in [3.8, 4) is 11.3 Å². The maximum Gasteiger partial charge on any atom is 0.417 e. The van der Waals surface area contributed by atoms with E-state index in [-0.39, 0.29) is 16.4 Å². The Balaban J connectivity index is 2.53. The second-order valence-corrected chi connectivity index (χ2v) is 3.78. The van der Waals surface area contributed by atoms with Crippen LogP contribution in [-0.4, -0.2) is 9.97 Å². The van der Waals surface area contributed by atoms with Crippen LogP contribution in [0.5, 0.6) is 0 Å². The maximum absolute atomic E-state index is 12.7. The molecule has 0 unspecified atom stereocenters. The van der Waals surface area contributed by atoms with Gasteiger partial charge in [-0.2, -0.15) is 13.2 Å². The Morgan fingerprint density at radius 2 is 1.78 bits per heavy atom. The molecular formula is C11H5ClF4N2. The number of pyridine rings is 2. The van der Waals surface area contributed by atoms with Crippen molar-refractivity contribution in [3.05, 3.63) is 47.1 Å². The maximum atomic E-state index is 12.7. The fourth-order valence-electron chi connectivity index (χ4n) is 1.32. The lowest BCUT2D eigenvalue weighted by molar-refractivity contribution is -0.137. The normalized spacial score (nSPS) is 11.6. The van der Waals surface area contributed by atoms with E-state index in [1.807, 2.05) is 0 Å². The lowest BCUT2D eigenvalue weighted by Crippen LogP contribution is -2.06. The molecule has 0 aromatic carbocycles. The minimum Gasteiger partial charge on any atom is -0.253 e. The summed E-state index contributed by atoms with van der Waals surface area (Å²) < 4.78 is 50.2. The molecule has 0 radical (unpaired) electrons. The first-order chi connectivity index (χ1) is 8.38. The van der Waals surface area contributed by atoms with Crippen molar-refractivity contribution in [1.82, 2.24) is 9.97 Å². The van der Waals surface area contributed by atoms with Gasteiger partial charge in [-0.15, -0.1) is 0 Å². The Morgan fingerprint density at radius 1 is 1.06 bits per heavy atom. The third kappa shape index (κ3) is 2.59. The number of hydrogen-bond acceptors (Lipinski definition) is 2. The van der Waals surface area contributed by atoms with Crippen LogP contribution in [0.2, 0.25) is 5.15 Å². The highest BCUT2D eigenvalue weighted by Crippen LogP contribution is 2.33. The monoisotopic (exact) mass is 276 g/mol. The van der Waals surface area contributed by atoms with Gasteiger partial charge in [-0.05, 0) is 18.2 Å². The van der Waals surface area contributed by atoms with Crippen molar-refractivity contribution < 1.29 is 17.6 Å². The number of rotatable bonds is 1. The molecule has 2 nitrogen and oxygen atoms in total. The lowest BCUT2D eigenvalue weighted by Gasteiger charge is -2.09. The standard InChI is InChI=1S/C11H5ClF4N2/c12-10-8(9-2-1-7(13)5-17-9)3-6(4-18-10)11(14,15)16/h1-5H. The van der Waals surface area contributed by atoms with Crippen LogP contribution in [0, 0.1) is 5.82 Å². The van der Waals surface area contributed by atoms with Crippen LogP contribution in [-0.2, 0) is 6.18 Å². The molecular weight excluding hydrogens is 272 g/mol. The zero-order valence-electron chi connectivity index (χ0n) is 8.67. The van der Waals surface area contributed by atoms with E-state index < -0.39 is 17.6 Å². The van der Waals surface area contributed by atoms with Gasteiger partial charge in [0.15, 0.2) is 0 Å². The van der Waals surface area contributed by atoms with Gasteiger partial charge in [0.2, 0.25) is 0 Å². The third-order valence-electron chi connectivity index (χ3n) is 2.17. The molecule has 0 amide bonds. The van der Waals surface area contributed by atoms with Crippen LogP contribution >= 0.6 is 11.6 Å². The zero-order valence-corrected chi connectivity index (χ0v) is 9.43. The van der Waals surface area contributed by atoms with Crippen molar-refractivity contribution in [1.29, 1.82) is 0 Å². The fraction of sp³-hybridized carbons (Fsp3) is 0.0909. The second kappa shape index (κ2) is 4.53. The van der Waals surface area contributed by atoms with Crippen LogP contribution in [0.3, 0.4) is 0 Å². The van der Waals surface area contributed by atoms with Crippen LogP contribution in [0.25, 0.3) is 11.3 Å². The van der Waals surface area contributed by atoms with Crippen molar-refractivity contribution in [2.75, 3.05) is 0 Å². The minimum absolute atomic E-state index is 0.00601. The van der Waals surface area contributed by atoms with Gasteiger partial charge in [0, 0.05) is 11.8 Å². The molecule has 18 heavy (non-hydrogen) atoms. The summed E-state index contributed by atoms with van der Waals surface area (Å²) in [6.07, 6.45) is -2.99. The van der Waals surface area contributed by atoms with Crippen LogP contribution in [0.15, 0.2) is 30.6 Å². The van der Waals surface area contributed by atoms with E-state index in [0.29, 0.717) is 6.20 Å². The molecule has 0 N–H and O–H groups in total. The molecule has 0 atom stereocenters. The summed E-state index contributed by atoms with van der Waals surface area (Å²) in [6.45, 7) is 0.